The normalized spacial score (nSPS) is 17.4. The van der Waals surface area contributed by atoms with Crippen LogP contribution in [-0.4, -0.2) is 11.6 Å². The number of urea groups is 1. The lowest BCUT2D eigenvalue weighted by molar-refractivity contribution is 0.254. The first-order valence-electron chi connectivity index (χ1n) is 6.97. The molecule has 2 aromatic carbocycles. The Morgan fingerprint density at radius 3 is 1.86 bits per heavy atom. The summed E-state index contributed by atoms with van der Waals surface area (Å²) >= 11 is 0. The summed E-state index contributed by atoms with van der Waals surface area (Å²) in [5.41, 5.74) is 2.04. The second-order valence-electron chi connectivity index (χ2n) is 5.63. The summed E-state index contributed by atoms with van der Waals surface area (Å²) in [5.74, 6) is 0. The maximum atomic E-state index is 12.9. The molecule has 0 saturated carbocycles. The highest BCUT2D eigenvalue weighted by Crippen LogP contribution is 2.40. The second-order valence-corrected chi connectivity index (χ2v) is 5.63. The number of para-hydroxylation sites is 2. The van der Waals surface area contributed by atoms with Crippen LogP contribution in [0.3, 0.4) is 0 Å². The minimum Gasteiger partial charge on any atom is -0.283 e. The van der Waals surface area contributed by atoms with Gasteiger partial charge in [-0.3, -0.25) is 9.80 Å². The van der Waals surface area contributed by atoms with Crippen molar-refractivity contribution in [1.82, 2.24) is 0 Å². The monoisotopic (exact) mass is 278 g/mol. The standard InChI is InChI=1S/C18H18N2O/c1-14-18(2,3)20(16-12-8-5-9-13-16)17(21)19(14)15-10-6-4-7-11-15/h4-13H,1H2,2-3H3. The molecule has 0 atom stereocenters. The third-order valence-electron chi connectivity index (χ3n) is 3.95. The van der Waals surface area contributed by atoms with E-state index in [9.17, 15) is 4.79 Å². The Labute approximate surface area is 125 Å². The summed E-state index contributed by atoms with van der Waals surface area (Å²) in [7, 11) is 0. The molecule has 1 saturated heterocycles. The van der Waals surface area contributed by atoms with Gasteiger partial charge in [0.25, 0.3) is 0 Å². The second kappa shape index (κ2) is 4.77. The maximum absolute atomic E-state index is 12.9. The van der Waals surface area contributed by atoms with Crippen LogP contribution in [0.15, 0.2) is 72.9 Å². The molecule has 3 nitrogen and oxygen atoms in total. The predicted octanol–water partition coefficient (Wildman–Crippen LogP) is 4.43. The largest absolute Gasteiger partial charge is 0.334 e. The number of anilines is 2. The molecule has 0 spiro atoms. The Bertz CT molecular complexity index is 677. The van der Waals surface area contributed by atoms with Gasteiger partial charge in [0.05, 0.1) is 11.2 Å². The van der Waals surface area contributed by atoms with E-state index in [0.29, 0.717) is 0 Å². The smallest absolute Gasteiger partial charge is 0.283 e. The van der Waals surface area contributed by atoms with Gasteiger partial charge >= 0.3 is 6.03 Å². The number of benzene rings is 2. The summed E-state index contributed by atoms with van der Waals surface area (Å²) in [4.78, 5) is 16.4. The van der Waals surface area contributed by atoms with Gasteiger partial charge in [-0.1, -0.05) is 43.0 Å². The highest BCUT2D eigenvalue weighted by atomic mass is 16.2. The Morgan fingerprint density at radius 2 is 1.33 bits per heavy atom. The molecule has 1 aliphatic rings. The molecule has 1 aliphatic heterocycles. The fourth-order valence-corrected chi connectivity index (χ4v) is 2.71. The zero-order chi connectivity index (χ0) is 15.0. The summed E-state index contributed by atoms with van der Waals surface area (Å²) in [6, 6.07) is 19.3. The summed E-state index contributed by atoms with van der Waals surface area (Å²) in [5, 5.41) is 0. The van der Waals surface area contributed by atoms with Crippen molar-refractivity contribution in [1.29, 1.82) is 0 Å². The molecule has 0 unspecified atom stereocenters. The Balaban J connectivity index is 2.08. The zero-order valence-corrected chi connectivity index (χ0v) is 12.3. The van der Waals surface area contributed by atoms with Gasteiger partial charge in [0.2, 0.25) is 0 Å². The molecule has 1 heterocycles. The summed E-state index contributed by atoms with van der Waals surface area (Å²) < 4.78 is 0. The van der Waals surface area contributed by atoms with Crippen molar-refractivity contribution in [2.45, 2.75) is 19.4 Å². The molecule has 21 heavy (non-hydrogen) atoms. The van der Waals surface area contributed by atoms with Crippen LogP contribution >= 0.6 is 0 Å². The summed E-state index contributed by atoms with van der Waals surface area (Å²) in [6.45, 7) is 8.19. The first-order chi connectivity index (χ1) is 10.0. The average molecular weight is 278 g/mol. The lowest BCUT2D eigenvalue weighted by atomic mass is 10.00. The van der Waals surface area contributed by atoms with Gasteiger partial charge in [0.15, 0.2) is 0 Å². The van der Waals surface area contributed by atoms with Crippen molar-refractivity contribution in [3.63, 3.8) is 0 Å². The predicted molar refractivity (Wildman–Crippen MR) is 86.5 cm³/mol. The molecule has 0 aromatic heterocycles. The minimum absolute atomic E-state index is 0.0672. The van der Waals surface area contributed by atoms with E-state index in [0.717, 1.165) is 17.1 Å². The molecule has 0 N–H and O–H groups in total. The van der Waals surface area contributed by atoms with Gasteiger partial charge in [0.1, 0.15) is 0 Å². The number of rotatable bonds is 2. The number of carbonyl (C=O) groups is 1. The van der Waals surface area contributed by atoms with Crippen LogP contribution in [-0.2, 0) is 0 Å². The first-order valence-corrected chi connectivity index (χ1v) is 6.97. The molecule has 106 valence electrons. The fraction of sp³-hybridized carbons (Fsp3) is 0.167. The van der Waals surface area contributed by atoms with E-state index in [-0.39, 0.29) is 6.03 Å². The SMILES string of the molecule is C=C1N(c2ccccc2)C(=O)N(c2ccccc2)C1(C)C. The van der Waals surface area contributed by atoms with E-state index >= 15 is 0 Å². The lowest BCUT2D eigenvalue weighted by Gasteiger charge is -2.30. The van der Waals surface area contributed by atoms with Gasteiger partial charge in [-0.15, -0.1) is 0 Å². The van der Waals surface area contributed by atoms with Crippen molar-refractivity contribution >= 4 is 17.4 Å². The van der Waals surface area contributed by atoms with Crippen LogP contribution in [0.4, 0.5) is 16.2 Å². The Morgan fingerprint density at radius 1 is 0.857 bits per heavy atom. The molecule has 1 fully saturated rings. The van der Waals surface area contributed by atoms with Crippen LogP contribution in [0, 0.1) is 0 Å². The molecular formula is C18H18N2O. The number of nitrogens with zero attached hydrogens (tertiary/aromatic N) is 2. The van der Waals surface area contributed by atoms with Crippen LogP contribution < -0.4 is 9.80 Å². The van der Waals surface area contributed by atoms with Gasteiger partial charge in [0, 0.05) is 11.4 Å². The Hall–Kier alpha value is -2.55. The van der Waals surface area contributed by atoms with E-state index in [2.05, 4.69) is 6.58 Å². The molecule has 3 heteroatoms. The number of amides is 2. The van der Waals surface area contributed by atoms with Crippen LogP contribution in [0.5, 0.6) is 0 Å². The lowest BCUT2D eigenvalue weighted by Crippen LogP contribution is -2.41. The number of carbonyl (C=O) groups excluding carboxylic acids is 1. The molecule has 0 radical (unpaired) electrons. The van der Waals surface area contributed by atoms with Gasteiger partial charge in [-0.25, -0.2) is 4.79 Å². The van der Waals surface area contributed by atoms with Gasteiger partial charge in [-0.2, -0.15) is 0 Å². The van der Waals surface area contributed by atoms with E-state index < -0.39 is 5.54 Å². The molecular weight excluding hydrogens is 260 g/mol. The first kappa shape index (κ1) is 13.4. The minimum atomic E-state index is -0.464. The molecule has 3 rings (SSSR count). The highest BCUT2D eigenvalue weighted by Gasteiger charge is 2.48. The average Bonchev–Trinajstić information content (AvgIpc) is 2.67. The Kier molecular flexibility index (Phi) is 3.05. The fourth-order valence-electron chi connectivity index (χ4n) is 2.71. The van der Waals surface area contributed by atoms with E-state index in [4.69, 9.17) is 0 Å². The topological polar surface area (TPSA) is 23.6 Å². The van der Waals surface area contributed by atoms with Crippen molar-refractivity contribution in [2.75, 3.05) is 9.80 Å². The van der Waals surface area contributed by atoms with E-state index in [1.54, 1.807) is 9.80 Å². The van der Waals surface area contributed by atoms with Crippen molar-refractivity contribution < 1.29 is 4.79 Å². The van der Waals surface area contributed by atoms with Crippen molar-refractivity contribution in [2.24, 2.45) is 0 Å². The number of hydrogen-bond acceptors (Lipinski definition) is 1. The zero-order valence-electron chi connectivity index (χ0n) is 12.3. The van der Waals surface area contributed by atoms with Crippen molar-refractivity contribution in [3.8, 4) is 0 Å². The quantitative estimate of drug-likeness (QED) is 0.797. The number of hydrogen-bond donors (Lipinski definition) is 0. The van der Waals surface area contributed by atoms with Crippen LogP contribution in [0.1, 0.15) is 13.8 Å². The van der Waals surface area contributed by atoms with Gasteiger partial charge in [-0.05, 0) is 38.1 Å². The summed E-state index contributed by atoms with van der Waals surface area (Å²) in [6.07, 6.45) is 0. The van der Waals surface area contributed by atoms with Crippen molar-refractivity contribution in [3.05, 3.63) is 72.9 Å². The molecule has 0 aliphatic carbocycles. The van der Waals surface area contributed by atoms with Crippen LogP contribution in [0.2, 0.25) is 0 Å². The van der Waals surface area contributed by atoms with E-state index in [1.165, 1.54) is 0 Å². The molecule has 0 bridgehead atoms. The van der Waals surface area contributed by atoms with Gasteiger partial charge < -0.3 is 0 Å². The third-order valence-corrected chi connectivity index (χ3v) is 3.95. The van der Waals surface area contributed by atoms with Crippen LogP contribution in [0.25, 0.3) is 0 Å². The maximum Gasteiger partial charge on any atom is 0.334 e. The van der Waals surface area contributed by atoms with E-state index in [1.807, 2.05) is 74.5 Å². The third kappa shape index (κ3) is 2.02. The highest BCUT2D eigenvalue weighted by molar-refractivity contribution is 6.11. The molecule has 2 amide bonds. The molecule has 2 aromatic rings.